The minimum Gasteiger partial charge on any atom is -0.494 e. The van der Waals surface area contributed by atoms with Gasteiger partial charge in [0.15, 0.2) is 0 Å². The van der Waals surface area contributed by atoms with Crippen molar-refractivity contribution >= 4 is 23.2 Å². The highest BCUT2D eigenvalue weighted by molar-refractivity contribution is 6.04. The second-order valence-electron chi connectivity index (χ2n) is 8.08. The van der Waals surface area contributed by atoms with Crippen LogP contribution in [-0.4, -0.2) is 36.4 Å². The molecule has 2 N–H and O–H groups in total. The average molecular weight is 444 g/mol. The minimum atomic E-state index is -0.209. The molecule has 1 aliphatic heterocycles. The van der Waals surface area contributed by atoms with Gasteiger partial charge in [-0.25, -0.2) is 0 Å². The van der Waals surface area contributed by atoms with Crippen molar-refractivity contribution in [3.63, 3.8) is 0 Å². The number of carbonyl (C=O) groups excluding carboxylic acids is 2. The van der Waals surface area contributed by atoms with Crippen LogP contribution < -0.4 is 15.4 Å². The first kappa shape index (κ1) is 22.6. The van der Waals surface area contributed by atoms with Crippen LogP contribution in [0.1, 0.15) is 41.7 Å². The highest BCUT2D eigenvalue weighted by Crippen LogP contribution is 2.31. The van der Waals surface area contributed by atoms with Crippen LogP contribution in [0.3, 0.4) is 0 Å². The third-order valence-electron chi connectivity index (χ3n) is 5.75. The second-order valence-corrected chi connectivity index (χ2v) is 8.08. The zero-order chi connectivity index (χ0) is 23.0. The molecule has 1 unspecified atom stereocenters. The van der Waals surface area contributed by atoms with Gasteiger partial charge in [-0.05, 0) is 80.4 Å². The van der Waals surface area contributed by atoms with Crippen molar-refractivity contribution in [3.8, 4) is 5.75 Å². The van der Waals surface area contributed by atoms with Gasteiger partial charge in [0.2, 0.25) is 5.91 Å². The van der Waals surface area contributed by atoms with Gasteiger partial charge in [0.1, 0.15) is 5.75 Å². The lowest BCUT2D eigenvalue weighted by atomic mass is 10.0. The summed E-state index contributed by atoms with van der Waals surface area (Å²) in [4.78, 5) is 27.4. The number of nitrogens with zero attached hydrogens (tertiary/aromatic N) is 1. The summed E-state index contributed by atoms with van der Waals surface area (Å²) in [6.45, 7) is 3.78. The fourth-order valence-electron chi connectivity index (χ4n) is 4.16. The van der Waals surface area contributed by atoms with Crippen LogP contribution in [-0.2, 0) is 4.79 Å². The zero-order valence-corrected chi connectivity index (χ0v) is 18.8. The van der Waals surface area contributed by atoms with Gasteiger partial charge < -0.3 is 15.4 Å². The topological polar surface area (TPSA) is 70.7 Å². The monoisotopic (exact) mass is 443 g/mol. The van der Waals surface area contributed by atoms with Gasteiger partial charge in [-0.1, -0.05) is 30.3 Å². The second kappa shape index (κ2) is 10.8. The Kier molecular flexibility index (Phi) is 7.37. The van der Waals surface area contributed by atoms with Crippen molar-refractivity contribution in [2.24, 2.45) is 0 Å². The Bertz CT molecular complexity index is 1070. The molecule has 6 nitrogen and oxygen atoms in total. The summed E-state index contributed by atoms with van der Waals surface area (Å²) in [6.07, 6.45) is 2.15. The number of anilines is 2. The van der Waals surface area contributed by atoms with Gasteiger partial charge in [-0.15, -0.1) is 0 Å². The Morgan fingerprint density at radius 1 is 0.909 bits per heavy atom. The predicted octanol–water partition coefficient (Wildman–Crippen LogP) is 5.11. The molecule has 0 aliphatic carbocycles. The van der Waals surface area contributed by atoms with Gasteiger partial charge in [-0.3, -0.25) is 14.5 Å². The predicted molar refractivity (Wildman–Crippen MR) is 131 cm³/mol. The maximum absolute atomic E-state index is 12.6. The molecular formula is C27H29N3O3. The molecular weight excluding hydrogens is 414 g/mol. The fraction of sp³-hybridized carbons (Fsp3) is 0.259. The normalized spacial score (nSPS) is 15.7. The number of likely N-dealkylation sites (tertiary alicyclic amines) is 1. The fourth-order valence-corrected chi connectivity index (χ4v) is 4.16. The smallest absolute Gasteiger partial charge is 0.255 e. The molecule has 1 aliphatic rings. The summed E-state index contributed by atoms with van der Waals surface area (Å²) in [5, 5.41) is 5.82. The molecule has 0 saturated carbocycles. The molecule has 3 aromatic rings. The number of hydrogen-bond acceptors (Lipinski definition) is 4. The van der Waals surface area contributed by atoms with Crippen molar-refractivity contribution in [2.75, 3.05) is 30.3 Å². The molecule has 0 radical (unpaired) electrons. The summed E-state index contributed by atoms with van der Waals surface area (Å²) in [5.74, 6) is 0.504. The van der Waals surface area contributed by atoms with Gasteiger partial charge in [-0.2, -0.15) is 0 Å². The first-order chi connectivity index (χ1) is 16.1. The number of nitrogens with one attached hydrogen (secondary N) is 2. The first-order valence-electron chi connectivity index (χ1n) is 11.4. The van der Waals surface area contributed by atoms with E-state index in [1.54, 1.807) is 36.4 Å². The van der Waals surface area contributed by atoms with E-state index in [4.69, 9.17) is 4.74 Å². The van der Waals surface area contributed by atoms with Gasteiger partial charge in [0.05, 0.1) is 13.2 Å². The van der Waals surface area contributed by atoms with E-state index in [9.17, 15) is 9.59 Å². The maximum atomic E-state index is 12.6. The van der Waals surface area contributed by atoms with E-state index < -0.39 is 0 Å². The van der Waals surface area contributed by atoms with Crippen LogP contribution in [0.2, 0.25) is 0 Å². The molecule has 33 heavy (non-hydrogen) atoms. The van der Waals surface area contributed by atoms with E-state index in [0.29, 0.717) is 30.1 Å². The molecule has 0 aromatic heterocycles. The van der Waals surface area contributed by atoms with Crippen molar-refractivity contribution in [1.29, 1.82) is 0 Å². The Labute approximate surface area is 194 Å². The maximum Gasteiger partial charge on any atom is 0.255 e. The molecule has 6 heteroatoms. The van der Waals surface area contributed by atoms with Crippen LogP contribution in [0.15, 0.2) is 78.9 Å². The highest BCUT2D eigenvalue weighted by atomic mass is 16.5. The van der Waals surface area contributed by atoms with Crippen molar-refractivity contribution < 1.29 is 14.3 Å². The number of ether oxygens (including phenoxy) is 1. The Morgan fingerprint density at radius 2 is 1.58 bits per heavy atom. The van der Waals surface area contributed by atoms with Crippen LogP contribution in [0.25, 0.3) is 0 Å². The standard InChI is InChI=1S/C27H29N3O3/c1-2-33-24-16-14-23(15-17-24)29-27(32)21-10-12-22(13-11-21)28-26(31)19-30-18-6-9-25(30)20-7-4-3-5-8-20/h3-5,7-8,10-17,25H,2,6,9,18-19H2,1H3,(H,28,31)(H,29,32). The number of carbonyl (C=O) groups is 2. The Balaban J connectivity index is 1.30. The van der Waals surface area contributed by atoms with Crippen LogP contribution >= 0.6 is 0 Å². The van der Waals surface area contributed by atoms with E-state index in [2.05, 4.69) is 27.7 Å². The lowest BCUT2D eigenvalue weighted by Crippen LogP contribution is -2.32. The van der Waals surface area contributed by atoms with E-state index in [-0.39, 0.29) is 17.9 Å². The van der Waals surface area contributed by atoms with E-state index in [1.807, 2.05) is 37.3 Å². The van der Waals surface area contributed by atoms with Crippen LogP contribution in [0.5, 0.6) is 5.75 Å². The molecule has 1 heterocycles. The molecule has 0 bridgehead atoms. The van der Waals surface area contributed by atoms with Gasteiger partial charge in [0.25, 0.3) is 5.91 Å². The summed E-state index contributed by atoms with van der Waals surface area (Å²) in [5.41, 5.74) is 3.14. The van der Waals surface area contributed by atoms with E-state index in [1.165, 1.54) is 5.56 Å². The largest absolute Gasteiger partial charge is 0.494 e. The number of benzene rings is 3. The molecule has 1 atom stereocenters. The summed E-state index contributed by atoms with van der Waals surface area (Å²) >= 11 is 0. The van der Waals surface area contributed by atoms with Crippen LogP contribution in [0, 0.1) is 0 Å². The van der Waals surface area contributed by atoms with E-state index >= 15 is 0 Å². The third kappa shape index (κ3) is 5.99. The average Bonchev–Trinajstić information content (AvgIpc) is 3.29. The summed E-state index contributed by atoms with van der Waals surface area (Å²) in [7, 11) is 0. The molecule has 4 rings (SSSR count). The minimum absolute atomic E-state index is 0.0515. The lowest BCUT2D eigenvalue weighted by Gasteiger charge is -2.24. The number of hydrogen-bond donors (Lipinski definition) is 2. The number of rotatable bonds is 8. The highest BCUT2D eigenvalue weighted by Gasteiger charge is 2.27. The Morgan fingerprint density at radius 3 is 2.27 bits per heavy atom. The zero-order valence-electron chi connectivity index (χ0n) is 18.8. The molecule has 1 saturated heterocycles. The quantitative estimate of drug-likeness (QED) is 0.507. The van der Waals surface area contributed by atoms with Gasteiger partial charge in [0, 0.05) is 23.0 Å². The lowest BCUT2D eigenvalue weighted by molar-refractivity contribution is -0.117. The van der Waals surface area contributed by atoms with E-state index in [0.717, 1.165) is 25.1 Å². The first-order valence-corrected chi connectivity index (χ1v) is 11.4. The van der Waals surface area contributed by atoms with Crippen LogP contribution in [0.4, 0.5) is 11.4 Å². The molecule has 0 spiro atoms. The Hall–Kier alpha value is -3.64. The SMILES string of the molecule is CCOc1ccc(NC(=O)c2ccc(NC(=O)CN3CCCC3c3ccccc3)cc2)cc1. The molecule has 3 aromatic carbocycles. The van der Waals surface area contributed by atoms with Crippen molar-refractivity contribution in [2.45, 2.75) is 25.8 Å². The number of amides is 2. The summed E-state index contributed by atoms with van der Waals surface area (Å²) < 4.78 is 5.42. The molecule has 1 fully saturated rings. The third-order valence-corrected chi connectivity index (χ3v) is 5.75. The molecule has 170 valence electrons. The van der Waals surface area contributed by atoms with Gasteiger partial charge >= 0.3 is 0 Å². The molecule has 2 amide bonds. The van der Waals surface area contributed by atoms with Crippen molar-refractivity contribution in [3.05, 3.63) is 90.0 Å². The summed E-state index contributed by atoms with van der Waals surface area (Å²) in [6, 6.07) is 24.8. The van der Waals surface area contributed by atoms with Crippen molar-refractivity contribution in [1.82, 2.24) is 4.90 Å².